The fraction of sp³-hybridized carbons (Fsp3) is 0.846. The largest absolute Gasteiger partial charge is 0.479 e. The summed E-state index contributed by atoms with van der Waals surface area (Å²) in [4.78, 5) is 22.4. The number of ether oxygens (including phenoxy) is 2. The molecular formula is C13H22N2O5. The minimum absolute atomic E-state index is 0.199. The van der Waals surface area contributed by atoms with Gasteiger partial charge in [0.1, 0.15) is 0 Å². The van der Waals surface area contributed by atoms with E-state index in [1.165, 1.54) is 0 Å². The van der Waals surface area contributed by atoms with E-state index < -0.39 is 12.1 Å². The molecule has 0 spiro atoms. The van der Waals surface area contributed by atoms with Gasteiger partial charge in [0, 0.05) is 20.2 Å². The van der Waals surface area contributed by atoms with Crippen molar-refractivity contribution in [3.8, 4) is 0 Å². The molecule has 7 heteroatoms. The summed E-state index contributed by atoms with van der Waals surface area (Å²) >= 11 is 0. The fourth-order valence-electron chi connectivity index (χ4n) is 2.57. The van der Waals surface area contributed by atoms with Gasteiger partial charge < -0.3 is 25.2 Å². The van der Waals surface area contributed by atoms with Crippen LogP contribution in [-0.4, -0.2) is 55.1 Å². The van der Waals surface area contributed by atoms with Gasteiger partial charge in [-0.25, -0.2) is 9.59 Å². The van der Waals surface area contributed by atoms with Crippen molar-refractivity contribution in [3.63, 3.8) is 0 Å². The highest BCUT2D eigenvalue weighted by Gasteiger charge is 2.37. The molecule has 1 saturated heterocycles. The third kappa shape index (κ3) is 3.61. The lowest BCUT2D eigenvalue weighted by Gasteiger charge is -2.40. The Labute approximate surface area is 118 Å². The quantitative estimate of drug-likeness (QED) is 0.660. The van der Waals surface area contributed by atoms with Crippen LogP contribution in [0, 0.1) is 0 Å². The Morgan fingerprint density at radius 2 is 2.10 bits per heavy atom. The van der Waals surface area contributed by atoms with Crippen molar-refractivity contribution >= 4 is 12.0 Å². The van der Waals surface area contributed by atoms with Gasteiger partial charge in [0.25, 0.3) is 0 Å². The van der Waals surface area contributed by atoms with E-state index in [0.717, 1.165) is 19.3 Å². The maximum atomic E-state index is 11.7. The molecule has 20 heavy (non-hydrogen) atoms. The highest BCUT2D eigenvalue weighted by atomic mass is 16.5. The number of nitrogens with one attached hydrogen (secondary N) is 2. The molecule has 0 aromatic rings. The number of carboxylic acids is 1. The molecule has 0 bridgehead atoms. The minimum atomic E-state index is -0.941. The number of amides is 2. The van der Waals surface area contributed by atoms with Crippen LogP contribution in [0.5, 0.6) is 0 Å². The number of hydrogen-bond donors (Lipinski definition) is 3. The van der Waals surface area contributed by atoms with E-state index >= 15 is 0 Å². The van der Waals surface area contributed by atoms with E-state index in [2.05, 4.69) is 10.6 Å². The van der Waals surface area contributed by atoms with Gasteiger partial charge in [-0.05, 0) is 32.1 Å². The summed E-state index contributed by atoms with van der Waals surface area (Å²) in [5.74, 6) is -0.941. The number of rotatable bonds is 6. The van der Waals surface area contributed by atoms with Gasteiger partial charge in [0.15, 0.2) is 6.10 Å². The Morgan fingerprint density at radius 1 is 1.35 bits per heavy atom. The molecule has 0 aromatic heterocycles. The fourth-order valence-corrected chi connectivity index (χ4v) is 2.57. The Hall–Kier alpha value is -1.34. The lowest BCUT2D eigenvalue weighted by Crippen LogP contribution is -2.52. The van der Waals surface area contributed by atoms with Gasteiger partial charge in [0.2, 0.25) is 0 Å². The lowest BCUT2D eigenvalue weighted by molar-refractivity contribution is -0.149. The standard InChI is InChI=1S/C13H22N2O5/c1-19-13(5-2-6-13)8-15-12(18)14-7-9-3-4-10(20-9)11(16)17/h9-10H,2-8H2,1H3,(H,16,17)(H2,14,15,18). The van der Waals surface area contributed by atoms with Crippen LogP contribution in [0.2, 0.25) is 0 Å². The maximum absolute atomic E-state index is 11.7. The summed E-state index contributed by atoms with van der Waals surface area (Å²) in [7, 11) is 1.66. The van der Waals surface area contributed by atoms with Crippen molar-refractivity contribution in [2.75, 3.05) is 20.2 Å². The Kier molecular flexibility index (Phi) is 4.82. The number of aliphatic carboxylic acids is 1. The molecule has 2 fully saturated rings. The predicted octanol–water partition coefficient (Wildman–Crippen LogP) is 0.487. The molecular weight excluding hydrogens is 264 g/mol. The van der Waals surface area contributed by atoms with E-state index in [0.29, 0.717) is 25.9 Å². The first-order chi connectivity index (χ1) is 9.54. The number of carbonyl (C=O) groups excluding carboxylic acids is 1. The van der Waals surface area contributed by atoms with Crippen LogP contribution < -0.4 is 10.6 Å². The second-order valence-electron chi connectivity index (χ2n) is 5.47. The molecule has 114 valence electrons. The molecule has 0 aromatic carbocycles. The molecule has 2 rings (SSSR count). The first-order valence-corrected chi connectivity index (χ1v) is 7.00. The summed E-state index contributed by atoms with van der Waals surface area (Å²) in [6, 6.07) is -0.268. The molecule has 1 heterocycles. The van der Waals surface area contributed by atoms with E-state index in [9.17, 15) is 9.59 Å². The lowest BCUT2D eigenvalue weighted by atomic mass is 9.80. The first kappa shape index (κ1) is 15.1. The van der Waals surface area contributed by atoms with Crippen molar-refractivity contribution in [3.05, 3.63) is 0 Å². The zero-order valence-electron chi connectivity index (χ0n) is 11.7. The summed E-state index contributed by atoms with van der Waals surface area (Å²) in [5.41, 5.74) is -0.199. The predicted molar refractivity (Wildman–Crippen MR) is 70.5 cm³/mol. The number of methoxy groups -OCH3 is 1. The highest BCUT2D eigenvalue weighted by Crippen LogP contribution is 2.34. The molecule has 0 radical (unpaired) electrons. The number of urea groups is 1. The Morgan fingerprint density at radius 3 is 2.60 bits per heavy atom. The van der Waals surface area contributed by atoms with Crippen molar-refractivity contribution in [2.24, 2.45) is 0 Å². The summed E-state index contributed by atoms with van der Waals surface area (Å²) in [6.45, 7) is 0.828. The topological polar surface area (TPSA) is 96.9 Å². The molecule has 1 aliphatic heterocycles. The second kappa shape index (κ2) is 6.41. The number of carbonyl (C=O) groups is 2. The van der Waals surface area contributed by atoms with Gasteiger partial charge in [-0.15, -0.1) is 0 Å². The van der Waals surface area contributed by atoms with Gasteiger partial charge in [-0.3, -0.25) is 0 Å². The molecule has 3 N–H and O–H groups in total. The average Bonchev–Trinajstić information content (AvgIpc) is 2.84. The van der Waals surface area contributed by atoms with Crippen LogP contribution in [-0.2, 0) is 14.3 Å². The molecule has 2 aliphatic rings. The van der Waals surface area contributed by atoms with Crippen molar-refractivity contribution in [1.29, 1.82) is 0 Å². The zero-order chi connectivity index (χ0) is 14.6. The third-order valence-corrected chi connectivity index (χ3v) is 4.14. The SMILES string of the molecule is COC1(CNC(=O)NCC2CCC(C(=O)O)O2)CCC1. The summed E-state index contributed by atoms with van der Waals surface area (Å²) in [6.07, 6.45) is 3.25. The summed E-state index contributed by atoms with van der Waals surface area (Å²) < 4.78 is 10.7. The third-order valence-electron chi connectivity index (χ3n) is 4.14. The number of carboxylic acid groups (broad SMARTS) is 1. The number of hydrogen-bond acceptors (Lipinski definition) is 4. The van der Waals surface area contributed by atoms with Crippen LogP contribution in [0.1, 0.15) is 32.1 Å². The zero-order valence-corrected chi connectivity index (χ0v) is 11.7. The Balaban J connectivity index is 1.62. The van der Waals surface area contributed by atoms with Crippen LogP contribution in [0.15, 0.2) is 0 Å². The normalized spacial score (nSPS) is 27.6. The van der Waals surface area contributed by atoms with Crippen LogP contribution >= 0.6 is 0 Å². The van der Waals surface area contributed by atoms with E-state index in [4.69, 9.17) is 14.6 Å². The molecule has 1 aliphatic carbocycles. The van der Waals surface area contributed by atoms with Crippen LogP contribution in [0.3, 0.4) is 0 Å². The van der Waals surface area contributed by atoms with Crippen LogP contribution in [0.25, 0.3) is 0 Å². The second-order valence-corrected chi connectivity index (χ2v) is 5.47. The minimum Gasteiger partial charge on any atom is -0.479 e. The average molecular weight is 286 g/mol. The molecule has 1 saturated carbocycles. The molecule has 2 atom stereocenters. The molecule has 2 unspecified atom stereocenters. The van der Waals surface area contributed by atoms with Crippen molar-refractivity contribution in [2.45, 2.75) is 49.9 Å². The van der Waals surface area contributed by atoms with Crippen LogP contribution in [0.4, 0.5) is 4.79 Å². The van der Waals surface area contributed by atoms with Crippen molar-refractivity contribution < 1.29 is 24.2 Å². The van der Waals surface area contributed by atoms with Gasteiger partial charge in [-0.2, -0.15) is 0 Å². The first-order valence-electron chi connectivity index (χ1n) is 7.00. The van der Waals surface area contributed by atoms with Gasteiger partial charge in [-0.1, -0.05) is 0 Å². The molecule has 7 nitrogen and oxygen atoms in total. The molecule has 2 amide bonds. The smallest absolute Gasteiger partial charge is 0.332 e. The van der Waals surface area contributed by atoms with Crippen molar-refractivity contribution in [1.82, 2.24) is 10.6 Å². The van der Waals surface area contributed by atoms with E-state index in [1.807, 2.05) is 0 Å². The summed E-state index contributed by atoms with van der Waals surface area (Å²) in [5, 5.41) is 14.3. The maximum Gasteiger partial charge on any atom is 0.332 e. The van der Waals surface area contributed by atoms with Gasteiger partial charge >= 0.3 is 12.0 Å². The Bertz CT molecular complexity index is 364. The van der Waals surface area contributed by atoms with E-state index in [1.54, 1.807) is 7.11 Å². The van der Waals surface area contributed by atoms with E-state index in [-0.39, 0.29) is 17.7 Å². The van der Waals surface area contributed by atoms with Gasteiger partial charge in [0.05, 0.1) is 11.7 Å². The monoisotopic (exact) mass is 286 g/mol. The highest BCUT2D eigenvalue weighted by molar-refractivity contribution is 5.74.